The molecule has 2 aliphatic rings. The summed E-state index contributed by atoms with van der Waals surface area (Å²) in [6.45, 7) is 12.0. The zero-order chi connectivity index (χ0) is 44.7. The van der Waals surface area contributed by atoms with E-state index in [-0.39, 0.29) is 60.3 Å². The molecule has 0 aromatic carbocycles. The summed E-state index contributed by atoms with van der Waals surface area (Å²) in [6, 6.07) is 11.5. The standard InChI is InChI=1S/C47H60N8O7/c1-8-31-25(2)34-22-39-43(29(6)57)27(4)36(53-39)20-35-26(3)32(14-15-41(59)50-18-12-11-17-49-40-13-9-10-16-48-40)45(54-35)33(19-42(60)62-7)46-44(47(61)51-23-30(58)24-56)28(5)37(55-46)21-38(31)52-34/h9-10,13,16,20-22,25-26,30-32,53,55-56,58H,8,11-12,14-15,17-19,23-24H2,1-7H3,(H,48,49)(H,50,59)(H,51,61)/t25-,26+,30?,31-,32+/m1/s1. The molecule has 6 heterocycles. The lowest BCUT2D eigenvalue weighted by molar-refractivity contribution is -0.139. The van der Waals surface area contributed by atoms with Gasteiger partial charge in [0, 0.05) is 95.2 Å². The van der Waals surface area contributed by atoms with Gasteiger partial charge in [0.2, 0.25) is 5.91 Å². The third kappa shape index (κ3) is 10.1. The average Bonchev–Trinajstić information content (AvgIpc) is 3.95. The van der Waals surface area contributed by atoms with Crippen molar-refractivity contribution in [3.05, 3.63) is 93.2 Å². The number of methoxy groups -OCH3 is 1. The number of aromatic nitrogens is 5. The number of anilines is 1. The first-order valence-electron chi connectivity index (χ1n) is 21.6. The minimum Gasteiger partial charge on any atom is -0.469 e. The zero-order valence-corrected chi connectivity index (χ0v) is 36.8. The third-order valence-electron chi connectivity index (χ3n) is 12.3. The predicted molar refractivity (Wildman–Crippen MR) is 238 cm³/mol. The number of nitrogens with one attached hydrogen (secondary N) is 5. The van der Waals surface area contributed by atoms with Gasteiger partial charge in [-0.05, 0) is 87.9 Å². The number of pyridine rings is 1. The Morgan fingerprint density at radius 3 is 2.24 bits per heavy atom. The molecule has 15 nitrogen and oxygen atoms in total. The Balaban J connectivity index is 1.51. The van der Waals surface area contributed by atoms with E-state index in [0.717, 1.165) is 48.6 Å². The van der Waals surface area contributed by atoms with Crippen LogP contribution in [0, 0.1) is 13.8 Å². The number of ether oxygens (including phenoxy) is 1. The molecule has 330 valence electrons. The van der Waals surface area contributed by atoms with Crippen molar-refractivity contribution >= 4 is 51.5 Å². The predicted octanol–water partition coefficient (Wildman–Crippen LogP) is 6.30. The summed E-state index contributed by atoms with van der Waals surface area (Å²) in [4.78, 5) is 75.9. The molecular weight excluding hydrogens is 789 g/mol. The lowest BCUT2D eigenvalue weighted by Gasteiger charge is -2.18. The number of esters is 1. The summed E-state index contributed by atoms with van der Waals surface area (Å²) in [5.74, 6) is -1.06. The molecule has 7 N–H and O–H groups in total. The van der Waals surface area contributed by atoms with Gasteiger partial charge in [0.25, 0.3) is 5.91 Å². The van der Waals surface area contributed by atoms with Crippen molar-refractivity contribution in [1.82, 2.24) is 35.6 Å². The van der Waals surface area contributed by atoms with Crippen molar-refractivity contribution in [2.75, 3.05) is 38.7 Å². The third-order valence-corrected chi connectivity index (χ3v) is 12.3. The minimum atomic E-state index is -1.18. The number of aliphatic hydroxyl groups excluding tert-OH is 2. The summed E-state index contributed by atoms with van der Waals surface area (Å²) < 4.78 is 5.23. The molecule has 0 fully saturated rings. The van der Waals surface area contributed by atoms with E-state index < -0.39 is 24.6 Å². The molecule has 0 saturated heterocycles. The fraction of sp³-hybridized carbons (Fsp3) is 0.468. The number of carbonyl (C=O) groups is 4. The van der Waals surface area contributed by atoms with Crippen molar-refractivity contribution in [3.8, 4) is 0 Å². The summed E-state index contributed by atoms with van der Waals surface area (Å²) in [6.07, 6.45) is 3.25. The van der Waals surface area contributed by atoms with Crippen LogP contribution in [0.25, 0.3) is 22.1 Å². The normalized spacial score (nSPS) is 17.6. The summed E-state index contributed by atoms with van der Waals surface area (Å²) >= 11 is 0. The van der Waals surface area contributed by atoms with Gasteiger partial charge < -0.3 is 40.9 Å². The monoisotopic (exact) mass is 848 g/mol. The number of aryl methyl sites for hydroxylation is 2. The molecule has 15 heteroatoms. The Hall–Kier alpha value is -5.93. The molecule has 8 bridgehead atoms. The number of unbranched alkanes of at least 4 members (excludes halogenated alkanes) is 1. The first-order valence-corrected chi connectivity index (χ1v) is 21.6. The molecule has 0 radical (unpaired) electrons. The average molecular weight is 849 g/mol. The number of amides is 2. The van der Waals surface area contributed by atoms with Gasteiger partial charge in [0.05, 0.1) is 48.5 Å². The second-order valence-corrected chi connectivity index (χ2v) is 16.5. The Morgan fingerprint density at radius 2 is 1.55 bits per heavy atom. The van der Waals surface area contributed by atoms with Crippen molar-refractivity contribution in [3.63, 3.8) is 0 Å². The molecule has 62 heavy (non-hydrogen) atoms. The molecule has 5 atom stereocenters. The number of aromatic amines is 2. The van der Waals surface area contributed by atoms with Gasteiger partial charge in [-0.25, -0.2) is 4.98 Å². The van der Waals surface area contributed by atoms with E-state index in [1.54, 1.807) is 13.1 Å². The highest BCUT2D eigenvalue weighted by Gasteiger charge is 2.34. The van der Waals surface area contributed by atoms with Gasteiger partial charge >= 0.3 is 5.97 Å². The van der Waals surface area contributed by atoms with E-state index in [2.05, 4.69) is 44.7 Å². The van der Waals surface area contributed by atoms with Crippen LogP contribution in [0.5, 0.6) is 0 Å². The first kappa shape index (κ1) is 45.6. The summed E-state index contributed by atoms with van der Waals surface area (Å²) in [5, 5.41) is 28.8. The second kappa shape index (κ2) is 20.3. The SMILES string of the molecule is CC[C@H]1c2cc3[nH]c(c(CC(=O)OC)c4nc(cc5[nH]c(cc(n2)[C@@H]1C)c(C(C)=O)c5C)[C@@H](C)[C@@H]4CCC(=O)NCCCCNc1ccccn1)c(C(=O)NCC(O)CO)c3C. The second-order valence-electron chi connectivity index (χ2n) is 16.5. The van der Waals surface area contributed by atoms with Crippen molar-refractivity contribution < 1.29 is 34.1 Å². The number of carbonyl (C=O) groups excluding carboxylic acids is 4. The van der Waals surface area contributed by atoms with Crippen LogP contribution in [-0.2, 0) is 20.7 Å². The van der Waals surface area contributed by atoms with Gasteiger partial charge in [-0.1, -0.05) is 26.8 Å². The van der Waals surface area contributed by atoms with E-state index in [1.807, 2.05) is 57.2 Å². The lowest BCUT2D eigenvalue weighted by atomic mass is 9.85. The Morgan fingerprint density at radius 1 is 0.871 bits per heavy atom. The van der Waals surface area contributed by atoms with Crippen LogP contribution >= 0.6 is 0 Å². The lowest BCUT2D eigenvalue weighted by Crippen LogP contribution is -2.34. The van der Waals surface area contributed by atoms with Crippen molar-refractivity contribution in [2.24, 2.45) is 0 Å². The van der Waals surface area contributed by atoms with Gasteiger partial charge in [-0.15, -0.1) is 0 Å². The maximum Gasteiger partial charge on any atom is 0.310 e. The van der Waals surface area contributed by atoms with Gasteiger partial charge in [0.15, 0.2) is 5.78 Å². The van der Waals surface area contributed by atoms with Crippen LogP contribution < -0.4 is 16.0 Å². The topological polar surface area (TPSA) is 224 Å². The fourth-order valence-corrected chi connectivity index (χ4v) is 8.75. The minimum absolute atomic E-state index is 0.0137. The smallest absolute Gasteiger partial charge is 0.310 e. The number of Topliss-reactive ketones (excluding diaryl/α,β-unsaturated/α-hetero) is 1. The maximum atomic E-state index is 14.2. The van der Waals surface area contributed by atoms with Crippen LogP contribution in [0.1, 0.15) is 144 Å². The number of nitrogens with zero attached hydrogens (tertiary/aromatic N) is 3. The largest absolute Gasteiger partial charge is 0.469 e. The number of hydrogen-bond donors (Lipinski definition) is 7. The highest BCUT2D eigenvalue weighted by molar-refractivity contribution is 6.06. The van der Waals surface area contributed by atoms with Crippen molar-refractivity contribution in [2.45, 2.75) is 110 Å². The summed E-state index contributed by atoms with van der Waals surface area (Å²) in [5.41, 5.74) is 7.74. The van der Waals surface area contributed by atoms with Crippen LogP contribution in [0.3, 0.4) is 0 Å². The van der Waals surface area contributed by atoms with E-state index in [0.29, 0.717) is 63.1 Å². The Kier molecular flexibility index (Phi) is 14.9. The number of ketones is 1. The van der Waals surface area contributed by atoms with Crippen LogP contribution in [0.4, 0.5) is 5.82 Å². The van der Waals surface area contributed by atoms with Crippen LogP contribution in [-0.4, -0.2) is 98.2 Å². The number of aliphatic hydroxyl groups is 2. The Bertz CT molecular complexity index is 2460. The highest BCUT2D eigenvalue weighted by Crippen LogP contribution is 2.43. The first-order chi connectivity index (χ1) is 29.8. The van der Waals surface area contributed by atoms with E-state index in [4.69, 9.17) is 14.7 Å². The number of rotatable bonds is 17. The molecule has 0 aliphatic carbocycles. The van der Waals surface area contributed by atoms with Crippen LogP contribution in [0.15, 0.2) is 42.6 Å². The van der Waals surface area contributed by atoms with Crippen molar-refractivity contribution in [1.29, 1.82) is 0 Å². The summed E-state index contributed by atoms with van der Waals surface area (Å²) in [7, 11) is 1.30. The number of fused-ring (bicyclic) bond motifs is 8. The molecule has 2 amide bonds. The molecule has 4 aromatic heterocycles. The molecular formula is C47H60N8O7. The zero-order valence-electron chi connectivity index (χ0n) is 36.8. The van der Waals surface area contributed by atoms with Gasteiger partial charge in [0.1, 0.15) is 5.82 Å². The van der Waals surface area contributed by atoms with E-state index >= 15 is 0 Å². The molecule has 6 rings (SSSR count). The molecule has 0 spiro atoms. The number of H-pyrrole nitrogens is 2. The highest BCUT2D eigenvalue weighted by atomic mass is 16.5. The molecule has 2 aliphatic heterocycles. The van der Waals surface area contributed by atoms with E-state index in [9.17, 15) is 29.4 Å². The molecule has 1 unspecified atom stereocenters. The number of hydrogen-bond acceptors (Lipinski definition) is 11. The van der Waals surface area contributed by atoms with Crippen LogP contribution in [0.2, 0.25) is 0 Å². The van der Waals surface area contributed by atoms with Gasteiger partial charge in [-0.3, -0.25) is 29.1 Å². The quantitative estimate of drug-likeness (QED) is 0.0355. The maximum absolute atomic E-state index is 14.2. The van der Waals surface area contributed by atoms with E-state index in [1.165, 1.54) is 7.11 Å². The van der Waals surface area contributed by atoms with Gasteiger partial charge in [-0.2, -0.15) is 0 Å². The fourth-order valence-electron chi connectivity index (χ4n) is 8.75. The molecule has 0 saturated carbocycles. The molecule has 4 aromatic rings. The Labute approximate surface area is 361 Å².